The molecule has 2 aromatic carbocycles. The highest BCUT2D eigenvalue weighted by molar-refractivity contribution is 9.10. The molecule has 0 bridgehead atoms. The molecule has 0 radical (unpaired) electrons. The molecule has 0 aliphatic heterocycles. The summed E-state index contributed by atoms with van der Waals surface area (Å²) < 4.78 is 52.8. The van der Waals surface area contributed by atoms with E-state index in [0.29, 0.717) is 12.1 Å². The van der Waals surface area contributed by atoms with Gasteiger partial charge in [0.1, 0.15) is 16.5 Å². The number of phenolic OH excluding ortho intramolecular Hbond substituents is 1. The average Bonchev–Trinajstić information content (AvgIpc) is 2.37. The van der Waals surface area contributed by atoms with Gasteiger partial charge >= 0.3 is 0 Å². The number of anilines is 1. The molecule has 0 unspecified atom stereocenters. The lowest BCUT2D eigenvalue weighted by Crippen LogP contribution is -2.15. The first kappa shape index (κ1) is 14.7. The summed E-state index contributed by atoms with van der Waals surface area (Å²) in [5.41, 5.74) is -0.150. The first-order valence-electron chi connectivity index (χ1n) is 5.26. The number of hydrogen-bond donors (Lipinski definition) is 2. The molecule has 106 valence electrons. The number of halogens is 3. The zero-order valence-electron chi connectivity index (χ0n) is 9.77. The number of para-hydroxylation sites is 1. The summed E-state index contributed by atoms with van der Waals surface area (Å²) in [6.07, 6.45) is 0. The fourth-order valence-electron chi connectivity index (χ4n) is 1.48. The Kier molecular flexibility index (Phi) is 3.96. The molecule has 0 aromatic heterocycles. The summed E-state index contributed by atoms with van der Waals surface area (Å²) in [4.78, 5) is -0.836. The Bertz CT molecular complexity index is 765. The van der Waals surface area contributed by atoms with Gasteiger partial charge in [-0.1, -0.05) is 6.07 Å². The number of hydrogen-bond acceptors (Lipinski definition) is 3. The topological polar surface area (TPSA) is 66.4 Å². The summed E-state index contributed by atoms with van der Waals surface area (Å²) >= 11 is 3.02. The SMILES string of the molecule is O=S(=O)(Nc1cccc(Br)c1O)c1cc(F)ccc1F. The van der Waals surface area contributed by atoms with E-state index >= 15 is 0 Å². The molecule has 0 aliphatic rings. The van der Waals surface area contributed by atoms with E-state index in [1.165, 1.54) is 18.2 Å². The van der Waals surface area contributed by atoms with E-state index in [1.807, 2.05) is 4.72 Å². The molecule has 2 N–H and O–H groups in total. The maximum atomic E-state index is 13.5. The zero-order chi connectivity index (χ0) is 14.9. The van der Waals surface area contributed by atoms with Crippen molar-refractivity contribution < 1.29 is 22.3 Å². The van der Waals surface area contributed by atoms with Crippen molar-refractivity contribution in [3.8, 4) is 5.75 Å². The minimum absolute atomic E-state index is 0.150. The first-order valence-corrected chi connectivity index (χ1v) is 7.54. The van der Waals surface area contributed by atoms with Gasteiger partial charge < -0.3 is 5.11 Å². The Labute approximate surface area is 122 Å². The van der Waals surface area contributed by atoms with Gasteiger partial charge in [-0.25, -0.2) is 17.2 Å². The van der Waals surface area contributed by atoms with Gasteiger partial charge in [0.15, 0.2) is 5.75 Å². The molecule has 0 saturated carbocycles. The molecule has 0 fully saturated rings. The number of phenols is 1. The molecule has 0 amide bonds. The lowest BCUT2D eigenvalue weighted by Gasteiger charge is -2.11. The Morgan fingerprint density at radius 1 is 1.15 bits per heavy atom. The van der Waals surface area contributed by atoms with Crippen LogP contribution in [0.5, 0.6) is 5.75 Å². The minimum atomic E-state index is -4.35. The van der Waals surface area contributed by atoms with Crippen LogP contribution in [0.1, 0.15) is 0 Å². The van der Waals surface area contributed by atoms with Gasteiger partial charge in [0.2, 0.25) is 0 Å². The molecule has 0 heterocycles. The van der Waals surface area contributed by atoms with Crippen LogP contribution in [0.4, 0.5) is 14.5 Å². The molecule has 2 aromatic rings. The van der Waals surface area contributed by atoms with Gasteiger partial charge in [0, 0.05) is 0 Å². The van der Waals surface area contributed by atoms with Crippen molar-refractivity contribution in [1.82, 2.24) is 0 Å². The average molecular weight is 364 g/mol. The molecule has 0 aliphatic carbocycles. The van der Waals surface area contributed by atoms with E-state index in [2.05, 4.69) is 15.9 Å². The summed E-state index contributed by atoms with van der Waals surface area (Å²) in [5.74, 6) is -2.33. The second kappa shape index (κ2) is 5.37. The third-order valence-corrected chi connectivity index (χ3v) is 4.43. The number of benzene rings is 2. The van der Waals surface area contributed by atoms with Gasteiger partial charge in [-0.3, -0.25) is 4.72 Å². The van der Waals surface area contributed by atoms with Gasteiger partial charge in [-0.2, -0.15) is 0 Å². The van der Waals surface area contributed by atoms with E-state index in [0.717, 1.165) is 6.07 Å². The molecule has 0 spiro atoms. The van der Waals surface area contributed by atoms with Crippen molar-refractivity contribution in [2.75, 3.05) is 4.72 Å². The van der Waals surface area contributed by atoms with Crippen molar-refractivity contribution in [3.05, 3.63) is 52.5 Å². The molecule has 20 heavy (non-hydrogen) atoms. The van der Waals surface area contributed by atoms with Crippen LogP contribution in [-0.4, -0.2) is 13.5 Å². The number of nitrogens with one attached hydrogen (secondary N) is 1. The van der Waals surface area contributed by atoms with Gasteiger partial charge in [-0.05, 0) is 46.3 Å². The summed E-state index contributed by atoms with van der Waals surface area (Å²) in [6, 6.07) is 6.34. The van der Waals surface area contributed by atoms with Crippen LogP contribution in [0.25, 0.3) is 0 Å². The van der Waals surface area contributed by atoms with E-state index < -0.39 is 26.6 Å². The van der Waals surface area contributed by atoms with Crippen molar-refractivity contribution in [2.24, 2.45) is 0 Å². The van der Waals surface area contributed by atoms with Crippen molar-refractivity contribution in [2.45, 2.75) is 4.90 Å². The predicted molar refractivity (Wildman–Crippen MR) is 73.0 cm³/mol. The third-order valence-electron chi connectivity index (χ3n) is 2.41. The lowest BCUT2D eigenvalue weighted by atomic mass is 10.3. The summed E-state index contributed by atoms with van der Waals surface area (Å²) in [7, 11) is -4.35. The third kappa shape index (κ3) is 2.91. The number of aromatic hydroxyl groups is 1. The zero-order valence-corrected chi connectivity index (χ0v) is 12.2. The molecular formula is C12H8BrF2NO3S. The van der Waals surface area contributed by atoms with E-state index in [4.69, 9.17) is 0 Å². The fraction of sp³-hybridized carbons (Fsp3) is 0. The van der Waals surface area contributed by atoms with E-state index in [1.54, 1.807) is 0 Å². The number of rotatable bonds is 3. The quantitative estimate of drug-likeness (QED) is 0.822. The van der Waals surface area contributed by atoms with E-state index in [-0.39, 0.29) is 15.9 Å². The van der Waals surface area contributed by atoms with Gasteiger partial charge in [-0.15, -0.1) is 0 Å². The predicted octanol–water partition coefficient (Wildman–Crippen LogP) is 3.23. The fourth-order valence-corrected chi connectivity index (χ4v) is 3.00. The smallest absolute Gasteiger partial charge is 0.265 e. The molecule has 0 atom stereocenters. The van der Waals surface area contributed by atoms with Crippen molar-refractivity contribution in [3.63, 3.8) is 0 Å². The second-order valence-electron chi connectivity index (χ2n) is 3.82. The summed E-state index contributed by atoms with van der Waals surface area (Å²) in [6.45, 7) is 0. The van der Waals surface area contributed by atoms with Crippen molar-refractivity contribution in [1.29, 1.82) is 0 Å². The van der Waals surface area contributed by atoms with Gasteiger partial charge in [0.25, 0.3) is 10.0 Å². The van der Waals surface area contributed by atoms with Crippen LogP contribution >= 0.6 is 15.9 Å². The Hall–Kier alpha value is -1.67. The number of sulfonamides is 1. The minimum Gasteiger partial charge on any atom is -0.505 e. The molecule has 2 rings (SSSR count). The van der Waals surface area contributed by atoms with E-state index in [9.17, 15) is 22.3 Å². The van der Waals surface area contributed by atoms with Gasteiger partial charge in [0.05, 0.1) is 10.2 Å². The highest BCUT2D eigenvalue weighted by Crippen LogP contribution is 2.33. The maximum Gasteiger partial charge on any atom is 0.265 e. The Balaban J connectivity index is 2.46. The van der Waals surface area contributed by atoms with Crippen molar-refractivity contribution >= 4 is 31.6 Å². The van der Waals surface area contributed by atoms with Crippen LogP contribution in [-0.2, 0) is 10.0 Å². The largest absolute Gasteiger partial charge is 0.505 e. The second-order valence-corrected chi connectivity index (χ2v) is 6.32. The van der Waals surface area contributed by atoms with Crippen LogP contribution in [0.3, 0.4) is 0 Å². The lowest BCUT2D eigenvalue weighted by molar-refractivity contribution is 0.474. The summed E-state index contributed by atoms with van der Waals surface area (Å²) in [5, 5.41) is 9.69. The van der Waals surface area contributed by atoms with Crippen LogP contribution in [0, 0.1) is 11.6 Å². The molecular weight excluding hydrogens is 356 g/mol. The van der Waals surface area contributed by atoms with Crippen LogP contribution < -0.4 is 4.72 Å². The Morgan fingerprint density at radius 2 is 1.85 bits per heavy atom. The van der Waals surface area contributed by atoms with Crippen LogP contribution in [0.2, 0.25) is 0 Å². The molecule has 8 heteroatoms. The first-order chi connectivity index (χ1) is 9.31. The highest BCUT2D eigenvalue weighted by atomic mass is 79.9. The monoisotopic (exact) mass is 363 g/mol. The standard InChI is InChI=1S/C12H8BrF2NO3S/c13-8-2-1-3-10(12(8)17)16-20(18,19)11-6-7(14)4-5-9(11)15/h1-6,16-17H. The normalized spacial score (nSPS) is 11.3. The highest BCUT2D eigenvalue weighted by Gasteiger charge is 2.21. The molecule has 4 nitrogen and oxygen atoms in total. The molecule has 0 saturated heterocycles. The van der Waals surface area contributed by atoms with Crippen LogP contribution in [0.15, 0.2) is 45.8 Å². The maximum absolute atomic E-state index is 13.5. The Morgan fingerprint density at radius 3 is 2.55 bits per heavy atom.